The van der Waals surface area contributed by atoms with E-state index in [1.54, 1.807) is 0 Å². The first-order valence-corrected chi connectivity index (χ1v) is 7.90. The molecule has 1 amide bonds. The molecule has 2 aliphatic rings. The minimum Gasteiger partial charge on any atom is -0.396 e. The molecule has 0 unspecified atom stereocenters. The summed E-state index contributed by atoms with van der Waals surface area (Å²) in [7, 11) is 0. The molecule has 4 nitrogen and oxygen atoms in total. The maximum atomic E-state index is 12.0. The van der Waals surface area contributed by atoms with Gasteiger partial charge in [-0.25, -0.2) is 0 Å². The monoisotopic (exact) mass is 268 g/mol. The molecule has 19 heavy (non-hydrogen) atoms. The van der Waals surface area contributed by atoms with Gasteiger partial charge in [-0.05, 0) is 57.5 Å². The van der Waals surface area contributed by atoms with Crippen molar-refractivity contribution in [3.8, 4) is 0 Å². The van der Waals surface area contributed by atoms with Crippen LogP contribution in [0, 0.1) is 5.92 Å². The molecule has 0 atom stereocenters. The van der Waals surface area contributed by atoms with Crippen LogP contribution < -0.4 is 0 Å². The zero-order chi connectivity index (χ0) is 13.5. The van der Waals surface area contributed by atoms with Gasteiger partial charge in [-0.2, -0.15) is 0 Å². The van der Waals surface area contributed by atoms with Gasteiger partial charge in [0.25, 0.3) is 0 Å². The van der Waals surface area contributed by atoms with E-state index in [0.717, 1.165) is 31.8 Å². The van der Waals surface area contributed by atoms with Crippen molar-refractivity contribution in [3.63, 3.8) is 0 Å². The Morgan fingerprint density at radius 2 is 1.74 bits per heavy atom. The van der Waals surface area contributed by atoms with Crippen molar-refractivity contribution >= 4 is 5.91 Å². The van der Waals surface area contributed by atoms with Gasteiger partial charge < -0.3 is 14.9 Å². The molecule has 4 heteroatoms. The molecule has 0 radical (unpaired) electrons. The van der Waals surface area contributed by atoms with E-state index in [2.05, 4.69) is 4.90 Å². The molecular formula is C15H28N2O2. The highest BCUT2D eigenvalue weighted by atomic mass is 16.3. The second-order valence-corrected chi connectivity index (χ2v) is 6.01. The van der Waals surface area contributed by atoms with Gasteiger partial charge in [0, 0.05) is 32.7 Å². The minimum absolute atomic E-state index is 0.200. The Labute approximate surface area is 116 Å². The lowest BCUT2D eigenvalue weighted by atomic mass is 9.96. The largest absolute Gasteiger partial charge is 0.396 e. The smallest absolute Gasteiger partial charge is 0.222 e. The lowest BCUT2D eigenvalue weighted by Gasteiger charge is -2.34. The van der Waals surface area contributed by atoms with E-state index in [1.165, 1.54) is 45.3 Å². The normalized spacial score (nSPS) is 22.1. The molecular weight excluding hydrogens is 240 g/mol. The fraction of sp³-hybridized carbons (Fsp3) is 0.933. The fourth-order valence-corrected chi connectivity index (χ4v) is 3.24. The van der Waals surface area contributed by atoms with E-state index in [-0.39, 0.29) is 12.5 Å². The molecule has 2 saturated heterocycles. The number of hydrogen-bond donors (Lipinski definition) is 1. The summed E-state index contributed by atoms with van der Waals surface area (Å²) in [6, 6.07) is 0. The second-order valence-electron chi connectivity index (χ2n) is 6.01. The van der Waals surface area contributed by atoms with Crippen molar-refractivity contribution in [2.45, 2.75) is 44.9 Å². The van der Waals surface area contributed by atoms with Crippen molar-refractivity contribution in [2.24, 2.45) is 5.92 Å². The third-order valence-electron chi connectivity index (χ3n) is 4.48. The number of piperidine rings is 1. The molecule has 1 N–H and O–H groups in total. The van der Waals surface area contributed by atoms with Crippen molar-refractivity contribution in [3.05, 3.63) is 0 Å². The summed E-state index contributed by atoms with van der Waals surface area (Å²) < 4.78 is 0. The number of likely N-dealkylation sites (tertiary alicyclic amines) is 2. The number of aliphatic hydroxyl groups is 1. The Morgan fingerprint density at radius 1 is 1.05 bits per heavy atom. The maximum Gasteiger partial charge on any atom is 0.222 e. The van der Waals surface area contributed by atoms with Gasteiger partial charge in [-0.3, -0.25) is 4.79 Å². The van der Waals surface area contributed by atoms with E-state index in [9.17, 15) is 4.79 Å². The van der Waals surface area contributed by atoms with Crippen LogP contribution in [-0.2, 0) is 4.79 Å². The molecule has 110 valence electrons. The van der Waals surface area contributed by atoms with E-state index in [4.69, 9.17) is 5.11 Å². The Morgan fingerprint density at radius 3 is 2.37 bits per heavy atom. The second kappa shape index (κ2) is 7.85. The van der Waals surface area contributed by atoms with Gasteiger partial charge in [0.05, 0.1) is 0 Å². The molecule has 0 bridgehead atoms. The van der Waals surface area contributed by atoms with E-state index < -0.39 is 0 Å². The van der Waals surface area contributed by atoms with E-state index in [1.807, 2.05) is 4.90 Å². The molecule has 2 fully saturated rings. The number of amides is 1. The Bertz CT molecular complexity index is 269. The van der Waals surface area contributed by atoms with E-state index >= 15 is 0 Å². The van der Waals surface area contributed by atoms with Crippen LogP contribution in [0.15, 0.2) is 0 Å². The molecule has 0 aromatic heterocycles. The zero-order valence-corrected chi connectivity index (χ0v) is 12.0. The van der Waals surface area contributed by atoms with Gasteiger partial charge in [-0.1, -0.05) is 0 Å². The first-order chi connectivity index (χ1) is 9.29. The number of hydrogen-bond acceptors (Lipinski definition) is 3. The van der Waals surface area contributed by atoms with Crippen LogP contribution in [0.4, 0.5) is 0 Å². The summed E-state index contributed by atoms with van der Waals surface area (Å²) in [6.07, 6.45) is 7.24. The van der Waals surface area contributed by atoms with Crippen LogP contribution in [0.2, 0.25) is 0 Å². The van der Waals surface area contributed by atoms with Crippen molar-refractivity contribution in [1.29, 1.82) is 0 Å². The van der Waals surface area contributed by atoms with E-state index in [0.29, 0.717) is 6.42 Å². The molecule has 0 aromatic rings. The Balaban J connectivity index is 1.62. The third-order valence-corrected chi connectivity index (χ3v) is 4.48. The van der Waals surface area contributed by atoms with Crippen molar-refractivity contribution in [1.82, 2.24) is 9.80 Å². The lowest BCUT2D eigenvalue weighted by molar-refractivity contribution is -0.132. The van der Waals surface area contributed by atoms with Crippen LogP contribution in [-0.4, -0.2) is 60.1 Å². The third kappa shape index (κ3) is 4.77. The predicted molar refractivity (Wildman–Crippen MR) is 75.9 cm³/mol. The summed E-state index contributed by atoms with van der Waals surface area (Å²) in [5.74, 6) is 1.08. The quantitative estimate of drug-likeness (QED) is 0.742. The number of carbonyl (C=O) groups is 1. The zero-order valence-electron chi connectivity index (χ0n) is 12.0. The summed E-state index contributed by atoms with van der Waals surface area (Å²) >= 11 is 0. The van der Waals surface area contributed by atoms with Gasteiger partial charge in [0.2, 0.25) is 5.91 Å². The Hall–Kier alpha value is -0.610. The van der Waals surface area contributed by atoms with Crippen LogP contribution in [0.5, 0.6) is 0 Å². The summed E-state index contributed by atoms with van der Waals surface area (Å²) in [5, 5.41) is 8.73. The standard InChI is InChI=1S/C15H28N2O2/c18-12-4-1-5-15(19)17-10-6-14(7-11-17)13-16-8-2-3-9-16/h14,18H,1-13H2. The fourth-order valence-electron chi connectivity index (χ4n) is 3.24. The first-order valence-electron chi connectivity index (χ1n) is 7.90. The number of rotatable bonds is 6. The number of unbranched alkanes of at least 4 members (excludes halogenated alkanes) is 1. The SMILES string of the molecule is O=C(CCCCO)N1CCC(CN2CCCC2)CC1. The first kappa shape index (κ1) is 14.8. The summed E-state index contributed by atoms with van der Waals surface area (Å²) in [4.78, 5) is 16.6. The van der Waals surface area contributed by atoms with Crippen molar-refractivity contribution in [2.75, 3.05) is 39.3 Å². The van der Waals surface area contributed by atoms with Crippen LogP contribution in [0.3, 0.4) is 0 Å². The molecule has 0 aliphatic carbocycles. The lowest BCUT2D eigenvalue weighted by Crippen LogP contribution is -2.41. The molecule has 2 aliphatic heterocycles. The average molecular weight is 268 g/mol. The van der Waals surface area contributed by atoms with Crippen LogP contribution in [0.25, 0.3) is 0 Å². The molecule has 0 spiro atoms. The molecule has 2 heterocycles. The molecule has 0 aromatic carbocycles. The van der Waals surface area contributed by atoms with Gasteiger partial charge in [-0.15, -0.1) is 0 Å². The maximum absolute atomic E-state index is 12.0. The predicted octanol–water partition coefficient (Wildman–Crippen LogP) is 1.48. The highest BCUT2D eigenvalue weighted by molar-refractivity contribution is 5.76. The highest BCUT2D eigenvalue weighted by Gasteiger charge is 2.24. The number of nitrogens with zero attached hydrogens (tertiary/aromatic N) is 2. The Kier molecular flexibility index (Phi) is 6.11. The van der Waals surface area contributed by atoms with Gasteiger partial charge in [0.1, 0.15) is 0 Å². The highest BCUT2D eigenvalue weighted by Crippen LogP contribution is 2.21. The van der Waals surface area contributed by atoms with Crippen molar-refractivity contribution < 1.29 is 9.90 Å². The van der Waals surface area contributed by atoms with Gasteiger partial charge >= 0.3 is 0 Å². The topological polar surface area (TPSA) is 43.8 Å². The number of aliphatic hydroxyl groups excluding tert-OH is 1. The molecule has 2 rings (SSSR count). The minimum atomic E-state index is 0.200. The number of carbonyl (C=O) groups excluding carboxylic acids is 1. The van der Waals surface area contributed by atoms with Gasteiger partial charge in [0.15, 0.2) is 0 Å². The molecule has 0 saturated carbocycles. The summed E-state index contributed by atoms with van der Waals surface area (Å²) in [6.45, 7) is 5.88. The van der Waals surface area contributed by atoms with Crippen LogP contribution >= 0.6 is 0 Å². The average Bonchev–Trinajstić information content (AvgIpc) is 2.93. The summed E-state index contributed by atoms with van der Waals surface area (Å²) in [5.41, 5.74) is 0. The van der Waals surface area contributed by atoms with Crippen LogP contribution in [0.1, 0.15) is 44.9 Å².